The van der Waals surface area contributed by atoms with Gasteiger partial charge in [-0.3, -0.25) is 4.79 Å². The third-order valence-electron chi connectivity index (χ3n) is 4.95. The molecule has 0 radical (unpaired) electrons. The number of sulfonamides is 1. The Morgan fingerprint density at radius 2 is 1.39 bits per heavy atom. The van der Waals surface area contributed by atoms with Crippen molar-refractivity contribution in [2.24, 2.45) is 0 Å². The fourth-order valence-electron chi connectivity index (χ4n) is 2.92. The number of nitrogens with one attached hydrogen (secondary N) is 3. The fourth-order valence-corrected chi connectivity index (χ4v) is 4.55. The second-order valence-electron chi connectivity index (χ2n) is 6.69. The van der Waals surface area contributed by atoms with Crippen molar-refractivity contribution in [2.45, 2.75) is 45.9 Å². The lowest BCUT2D eigenvalue weighted by Gasteiger charge is -2.19. The largest absolute Gasteiger partial charge is 0.383 e. The molecule has 28 heavy (non-hydrogen) atoms. The number of methoxy groups -OCH3 is 1. The summed E-state index contributed by atoms with van der Waals surface area (Å²) >= 11 is 0. The summed E-state index contributed by atoms with van der Waals surface area (Å²) in [5.74, 6) is -0.184. The molecule has 1 aromatic rings. The van der Waals surface area contributed by atoms with Crippen LogP contribution in [0.5, 0.6) is 0 Å². The number of carbonyl (C=O) groups excluding carboxylic acids is 1. The van der Waals surface area contributed by atoms with E-state index in [9.17, 15) is 13.2 Å². The van der Waals surface area contributed by atoms with Crippen LogP contribution in [0, 0.1) is 34.6 Å². The fraction of sp³-hybridized carbons (Fsp3) is 0.632. The lowest BCUT2D eigenvalue weighted by Crippen LogP contribution is -2.35. The van der Waals surface area contributed by atoms with Gasteiger partial charge in [0.1, 0.15) is 0 Å². The third kappa shape index (κ3) is 7.33. The van der Waals surface area contributed by atoms with Crippen molar-refractivity contribution >= 4 is 28.3 Å². The van der Waals surface area contributed by atoms with Gasteiger partial charge < -0.3 is 15.4 Å². The quantitative estimate of drug-likeness (QED) is 0.459. The number of carbonyl (C=O) groups is 1. The highest BCUT2D eigenvalue weighted by atomic mass is 35.5. The van der Waals surface area contributed by atoms with Gasteiger partial charge >= 0.3 is 0 Å². The number of amides is 1. The van der Waals surface area contributed by atoms with E-state index in [1.54, 1.807) is 7.11 Å². The van der Waals surface area contributed by atoms with Crippen molar-refractivity contribution in [3.63, 3.8) is 0 Å². The predicted molar refractivity (Wildman–Crippen MR) is 115 cm³/mol. The van der Waals surface area contributed by atoms with E-state index in [4.69, 9.17) is 4.74 Å². The maximum Gasteiger partial charge on any atom is 0.241 e. The Morgan fingerprint density at radius 1 is 0.857 bits per heavy atom. The van der Waals surface area contributed by atoms with Gasteiger partial charge in [0.2, 0.25) is 15.9 Å². The van der Waals surface area contributed by atoms with E-state index >= 15 is 0 Å². The van der Waals surface area contributed by atoms with Crippen LogP contribution in [0.3, 0.4) is 0 Å². The maximum atomic E-state index is 12.8. The lowest BCUT2D eigenvalue weighted by molar-refractivity contribution is -0.120. The molecule has 0 aliphatic carbocycles. The lowest BCUT2D eigenvalue weighted by atomic mass is 9.95. The minimum atomic E-state index is -3.67. The molecular formula is C19H34ClN3O4S. The molecule has 1 amide bonds. The van der Waals surface area contributed by atoms with Gasteiger partial charge in [-0.2, -0.15) is 0 Å². The molecule has 0 atom stereocenters. The zero-order valence-electron chi connectivity index (χ0n) is 17.7. The summed E-state index contributed by atoms with van der Waals surface area (Å²) in [5.41, 5.74) is 4.60. The third-order valence-corrected chi connectivity index (χ3v) is 6.68. The number of benzene rings is 1. The van der Waals surface area contributed by atoms with E-state index in [0.29, 0.717) is 24.6 Å². The Labute approximate surface area is 175 Å². The van der Waals surface area contributed by atoms with Crippen LogP contribution < -0.4 is 15.4 Å². The SMILES string of the molecule is COCCNCCNC(=O)CCNS(=O)(=O)c1c(C)c(C)c(C)c(C)c1C.Cl. The summed E-state index contributed by atoms with van der Waals surface area (Å²) < 4.78 is 33.0. The molecule has 1 rings (SSSR count). The van der Waals surface area contributed by atoms with E-state index in [0.717, 1.165) is 34.4 Å². The molecule has 0 aliphatic rings. The van der Waals surface area contributed by atoms with Crippen LogP contribution in [-0.4, -0.2) is 54.2 Å². The number of hydrogen-bond acceptors (Lipinski definition) is 5. The highest BCUT2D eigenvalue weighted by Gasteiger charge is 2.23. The molecule has 0 heterocycles. The van der Waals surface area contributed by atoms with Gasteiger partial charge in [0.05, 0.1) is 11.5 Å². The first-order chi connectivity index (χ1) is 12.6. The van der Waals surface area contributed by atoms with Gasteiger partial charge in [0.25, 0.3) is 0 Å². The smallest absolute Gasteiger partial charge is 0.241 e. The zero-order valence-corrected chi connectivity index (χ0v) is 19.3. The van der Waals surface area contributed by atoms with Crippen molar-refractivity contribution < 1.29 is 17.9 Å². The van der Waals surface area contributed by atoms with Gasteiger partial charge in [0, 0.05) is 39.7 Å². The minimum Gasteiger partial charge on any atom is -0.383 e. The van der Waals surface area contributed by atoms with Gasteiger partial charge in [-0.1, -0.05) is 0 Å². The Morgan fingerprint density at radius 3 is 1.93 bits per heavy atom. The molecule has 7 nitrogen and oxygen atoms in total. The summed E-state index contributed by atoms with van der Waals surface area (Å²) in [6.45, 7) is 12.1. The molecule has 9 heteroatoms. The maximum absolute atomic E-state index is 12.8. The van der Waals surface area contributed by atoms with Crippen LogP contribution in [0.2, 0.25) is 0 Å². The average Bonchev–Trinajstić information content (AvgIpc) is 2.61. The first-order valence-corrected chi connectivity index (χ1v) is 10.6. The number of hydrogen-bond donors (Lipinski definition) is 3. The molecule has 0 fully saturated rings. The number of rotatable bonds is 11. The van der Waals surface area contributed by atoms with Gasteiger partial charge in [0.15, 0.2) is 0 Å². The van der Waals surface area contributed by atoms with Crippen molar-refractivity contribution in [1.29, 1.82) is 0 Å². The predicted octanol–water partition coefficient (Wildman–Crippen LogP) is 1.67. The Hall–Kier alpha value is -1.19. The van der Waals surface area contributed by atoms with Crippen molar-refractivity contribution in [2.75, 3.05) is 39.9 Å². The minimum absolute atomic E-state index is 0. The molecule has 0 saturated carbocycles. The first-order valence-electron chi connectivity index (χ1n) is 9.16. The van der Waals surface area contributed by atoms with E-state index in [2.05, 4.69) is 15.4 Å². The zero-order chi connectivity index (χ0) is 20.6. The molecule has 0 bridgehead atoms. The van der Waals surface area contributed by atoms with Crippen LogP contribution in [-0.2, 0) is 19.6 Å². The van der Waals surface area contributed by atoms with E-state index in [1.807, 2.05) is 34.6 Å². The molecule has 3 N–H and O–H groups in total. The second-order valence-corrected chi connectivity index (χ2v) is 8.40. The standard InChI is InChI=1S/C19H33N3O4S.ClH/c1-13-14(2)16(4)19(17(5)15(13)3)27(24,25)22-8-7-18(23)21-10-9-20-11-12-26-6;/h20,22H,7-12H2,1-6H3,(H,21,23);1H. The molecule has 0 saturated heterocycles. The molecule has 0 unspecified atom stereocenters. The Kier molecular flexibility index (Phi) is 11.9. The van der Waals surface area contributed by atoms with Crippen molar-refractivity contribution in [3.8, 4) is 0 Å². The van der Waals surface area contributed by atoms with Gasteiger partial charge in [-0.15, -0.1) is 12.4 Å². The summed E-state index contributed by atoms with van der Waals surface area (Å²) in [4.78, 5) is 12.2. The van der Waals surface area contributed by atoms with Gasteiger partial charge in [-0.05, 0) is 62.4 Å². The van der Waals surface area contributed by atoms with Crippen LogP contribution in [0.1, 0.15) is 34.2 Å². The topological polar surface area (TPSA) is 96.5 Å². The Bertz CT molecular complexity index is 738. The number of ether oxygens (including phenoxy) is 1. The molecule has 0 aromatic heterocycles. The summed E-state index contributed by atoms with van der Waals surface area (Å²) in [6.07, 6.45) is 0.0965. The van der Waals surface area contributed by atoms with E-state index in [1.165, 1.54) is 0 Å². The molecule has 162 valence electrons. The summed E-state index contributed by atoms with van der Waals surface area (Å²) in [6, 6.07) is 0. The Balaban J connectivity index is 0.00000729. The highest BCUT2D eigenvalue weighted by molar-refractivity contribution is 7.89. The normalized spacial score (nSPS) is 11.2. The summed E-state index contributed by atoms with van der Waals surface area (Å²) in [7, 11) is -2.04. The monoisotopic (exact) mass is 435 g/mol. The second kappa shape index (κ2) is 12.4. The van der Waals surface area contributed by atoms with E-state index < -0.39 is 10.0 Å². The molecule has 0 spiro atoms. The van der Waals surface area contributed by atoms with Gasteiger partial charge in [-0.25, -0.2) is 13.1 Å². The van der Waals surface area contributed by atoms with Crippen LogP contribution in [0.4, 0.5) is 0 Å². The van der Waals surface area contributed by atoms with Crippen LogP contribution >= 0.6 is 12.4 Å². The van der Waals surface area contributed by atoms with E-state index in [-0.39, 0.29) is 31.3 Å². The first kappa shape index (κ1) is 26.8. The van der Waals surface area contributed by atoms with Crippen molar-refractivity contribution in [1.82, 2.24) is 15.4 Å². The van der Waals surface area contributed by atoms with Crippen LogP contribution in [0.25, 0.3) is 0 Å². The summed E-state index contributed by atoms with van der Waals surface area (Å²) in [5, 5.41) is 5.88. The number of halogens is 1. The van der Waals surface area contributed by atoms with Crippen LogP contribution in [0.15, 0.2) is 4.90 Å². The highest BCUT2D eigenvalue weighted by Crippen LogP contribution is 2.29. The molecular weight excluding hydrogens is 402 g/mol. The van der Waals surface area contributed by atoms with Crippen molar-refractivity contribution in [3.05, 3.63) is 27.8 Å². The average molecular weight is 436 g/mol. The molecule has 1 aromatic carbocycles. The molecule has 0 aliphatic heterocycles.